The number of ketones is 1. The number of carbonyl (C=O) groups is 1. The van der Waals surface area contributed by atoms with Gasteiger partial charge in [0.05, 0.1) is 6.20 Å². The van der Waals surface area contributed by atoms with Gasteiger partial charge < -0.3 is 0 Å². The Balaban J connectivity index is 0.00000240. The lowest BCUT2D eigenvalue weighted by Crippen LogP contribution is -2.37. The van der Waals surface area contributed by atoms with Gasteiger partial charge in [-0.25, -0.2) is 4.57 Å². The number of rotatable bonds is 5. The Bertz CT molecular complexity index is 1090. The summed E-state index contributed by atoms with van der Waals surface area (Å²) in [7, 11) is 0. The molecule has 0 atom stereocenters. The number of carbonyl (C=O) groups excluding carboxylic acids is 1. The molecule has 0 amide bonds. The van der Waals surface area contributed by atoms with Gasteiger partial charge in [-0.05, 0) is 29.1 Å². The van der Waals surface area contributed by atoms with Crippen LogP contribution in [-0.2, 0) is 6.54 Å². The normalized spacial score (nSPS) is 10.2. The fourth-order valence-electron chi connectivity index (χ4n) is 3.19. The number of Topliss-reactive ketones (excluding diaryl/α,β-unsaturated/α-hetero) is 1. The molecule has 1 aromatic heterocycles. The van der Waals surface area contributed by atoms with Gasteiger partial charge in [0.1, 0.15) is 0 Å². The fourth-order valence-corrected chi connectivity index (χ4v) is 3.19. The van der Waals surface area contributed by atoms with E-state index in [-0.39, 0.29) is 29.3 Å². The number of aryl methyl sites for hydroxylation is 1. The Hall–Kier alpha value is -3.11. The molecule has 1 heterocycles. The van der Waals surface area contributed by atoms with Crippen molar-refractivity contribution in [2.24, 2.45) is 0 Å². The van der Waals surface area contributed by atoms with Crippen molar-refractivity contribution in [1.29, 1.82) is 0 Å². The summed E-state index contributed by atoms with van der Waals surface area (Å²) in [5.41, 5.74) is 6.13. The smallest absolute Gasteiger partial charge is 0.287 e. The molecule has 4 heteroatoms. The monoisotopic (exact) mass is 445 g/mol. The summed E-state index contributed by atoms with van der Waals surface area (Å²) in [5, 5.41) is 0. The average Bonchev–Trinajstić information content (AvgIpc) is 2.75. The maximum absolute atomic E-state index is 12.6. The highest BCUT2D eigenvalue weighted by atomic mass is 79.9. The molecule has 0 aliphatic rings. The molecular formula is C25H22BrN2O+. The molecule has 144 valence electrons. The van der Waals surface area contributed by atoms with Crippen LogP contribution in [0, 0.1) is 6.92 Å². The van der Waals surface area contributed by atoms with E-state index in [4.69, 9.17) is 0 Å². The molecule has 0 fully saturated rings. The summed E-state index contributed by atoms with van der Waals surface area (Å²) in [6.45, 7) is 2.33. The second-order valence-electron chi connectivity index (χ2n) is 6.85. The largest absolute Gasteiger partial charge is 0.290 e. The topological polar surface area (TPSA) is 33.8 Å². The van der Waals surface area contributed by atoms with Crippen LogP contribution in [0.1, 0.15) is 15.9 Å². The number of benzene rings is 3. The SMILES string of the molecule is Br.Cc1cccc(-c2cc[n+](CC(=O)c3ccc(-c4ccccc4)cc3)cn2)c1. The van der Waals surface area contributed by atoms with E-state index in [1.807, 2.05) is 71.4 Å². The third kappa shape index (κ3) is 5.04. The molecule has 4 aromatic rings. The van der Waals surface area contributed by atoms with Crippen LogP contribution in [0.5, 0.6) is 0 Å². The third-order valence-electron chi connectivity index (χ3n) is 4.72. The molecule has 3 nitrogen and oxygen atoms in total. The molecule has 0 saturated carbocycles. The van der Waals surface area contributed by atoms with E-state index < -0.39 is 0 Å². The van der Waals surface area contributed by atoms with Crippen molar-refractivity contribution in [3.8, 4) is 22.4 Å². The molecule has 0 N–H and O–H groups in total. The first kappa shape index (κ1) is 20.6. The lowest BCUT2D eigenvalue weighted by molar-refractivity contribution is -0.686. The van der Waals surface area contributed by atoms with Crippen LogP contribution >= 0.6 is 17.0 Å². The van der Waals surface area contributed by atoms with Crippen LogP contribution in [0.15, 0.2) is 97.5 Å². The van der Waals surface area contributed by atoms with Gasteiger partial charge in [-0.3, -0.25) is 4.79 Å². The molecular weight excluding hydrogens is 424 g/mol. The molecule has 0 bridgehead atoms. The summed E-state index contributed by atoms with van der Waals surface area (Å²) in [5.74, 6) is 0.0646. The van der Waals surface area contributed by atoms with Crippen LogP contribution in [-0.4, -0.2) is 10.8 Å². The van der Waals surface area contributed by atoms with Crippen molar-refractivity contribution in [2.45, 2.75) is 13.5 Å². The summed E-state index contributed by atoms with van der Waals surface area (Å²) in [4.78, 5) is 17.1. The van der Waals surface area contributed by atoms with Crippen molar-refractivity contribution in [1.82, 2.24) is 4.98 Å². The van der Waals surface area contributed by atoms with Gasteiger partial charge in [0.25, 0.3) is 6.33 Å². The van der Waals surface area contributed by atoms with E-state index in [0.29, 0.717) is 5.56 Å². The average molecular weight is 446 g/mol. The Labute approximate surface area is 181 Å². The molecule has 0 aliphatic carbocycles. The molecule has 0 unspecified atom stereocenters. The second kappa shape index (κ2) is 9.39. The molecule has 0 radical (unpaired) electrons. The van der Waals surface area contributed by atoms with Crippen molar-refractivity contribution < 1.29 is 9.36 Å². The van der Waals surface area contributed by atoms with E-state index in [1.54, 1.807) is 6.33 Å². The van der Waals surface area contributed by atoms with Gasteiger partial charge in [0, 0.05) is 17.2 Å². The van der Waals surface area contributed by atoms with Crippen molar-refractivity contribution >= 4 is 22.8 Å². The van der Waals surface area contributed by atoms with Gasteiger partial charge in [0.15, 0.2) is 12.2 Å². The third-order valence-corrected chi connectivity index (χ3v) is 4.72. The molecule has 4 rings (SSSR count). The van der Waals surface area contributed by atoms with E-state index >= 15 is 0 Å². The Kier molecular flexibility index (Phi) is 6.68. The number of nitrogens with zero attached hydrogens (tertiary/aromatic N) is 2. The van der Waals surface area contributed by atoms with Crippen LogP contribution in [0.3, 0.4) is 0 Å². The Morgan fingerprint density at radius 2 is 1.52 bits per heavy atom. The maximum atomic E-state index is 12.6. The van der Waals surface area contributed by atoms with E-state index in [2.05, 4.69) is 36.2 Å². The van der Waals surface area contributed by atoms with Crippen molar-refractivity contribution in [3.63, 3.8) is 0 Å². The summed E-state index contributed by atoms with van der Waals surface area (Å²) in [6.07, 6.45) is 3.62. The second-order valence-corrected chi connectivity index (χ2v) is 6.85. The number of halogens is 1. The van der Waals surface area contributed by atoms with E-state index in [9.17, 15) is 4.79 Å². The lowest BCUT2D eigenvalue weighted by atomic mass is 10.0. The summed E-state index contributed by atoms with van der Waals surface area (Å²) in [6, 6.07) is 28.1. The minimum Gasteiger partial charge on any atom is -0.290 e. The van der Waals surface area contributed by atoms with Crippen molar-refractivity contribution in [2.75, 3.05) is 0 Å². The highest BCUT2D eigenvalue weighted by Crippen LogP contribution is 2.19. The highest BCUT2D eigenvalue weighted by molar-refractivity contribution is 8.93. The van der Waals surface area contributed by atoms with Crippen LogP contribution in [0.4, 0.5) is 0 Å². The van der Waals surface area contributed by atoms with Crippen LogP contribution in [0.25, 0.3) is 22.4 Å². The van der Waals surface area contributed by atoms with Gasteiger partial charge in [0.2, 0.25) is 5.78 Å². The number of hydrogen-bond donors (Lipinski definition) is 0. The Morgan fingerprint density at radius 1 is 0.828 bits per heavy atom. The van der Waals surface area contributed by atoms with Crippen molar-refractivity contribution in [3.05, 3.63) is 109 Å². The number of hydrogen-bond acceptors (Lipinski definition) is 2. The first-order valence-corrected chi connectivity index (χ1v) is 9.30. The lowest BCUT2D eigenvalue weighted by Gasteiger charge is -2.04. The fraction of sp³-hybridized carbons (Fsp3) is 0.0800. The summed E-state index contributed by atoms with van der Waals surface area (Å²) >= 11 is 0. The summed E-state index contributed by atoms with van der Waals surface area (Å²) < 4.78 is 1.81. The maximum Gasteiger partial charge on any atom is 0.287 e. The molecule has 0 aliphatic heterocycles. The first-order chi connectivity index (χ1) is 13.7. The van der Waals surface area contributed by atoms with Crippen LogP contribution in [0.2, 0.25) is 0 Å². The minimum absolute atomic E-state index is 0. The predicted octanol–water partition coefficient (Wildman–Crippen LogP) is 5.47. The standard InChI is InChI=1S/C25H21N2O.BrH/c1-19-6-5-9-23(16-19)24-14-15-27(18-26-24)17-25(28)22-12-10-21(11-13-22)20-7-3-2-4-8-20;/h2-16,18H,17H2,1H3;1H/q+1;. The molecule has 0 saturated heterocycles. The van der Waals surface area contributed by atoms with Gasteiger partial charge in [-0.15, -0.1) is 17.0 Å². The number of aromatic nitrogens is 2. The Morgan fingerprint density at radius 3 is 2.17 bits per heavy atom. The zero-order chi connectivity index (χ0) is 19.3. The van der Waals surface area contributed by atoms with Gasteiger partial charge >= 0.3 is 0 Å². The highest BCUT2D eigenvalue weighted by Gasteiger charge is 2.12. The predicted molar refractivity (Wildman–Crippen MR) is 121 cm³/mol. The van der Waals surface area contributed by atoms with E-state index in [1.165, 1.54) is 5.56 Å². The minimum atomic E-state index is 0. The molecule has 29 heavy (non-hydrogen) atoms. The van der Waals surface area contributed by atoms with Gasteiger partial charge in [-0.2, -0.15) is 0 Å². The molecule has 0 spiro atoms. The molecule has 3 aromatic carbocycles. The zero-order valence-corrected chi connectivity index (χ0v) is 17.9. The first-order valence-electron chi connectivity index (χ1n) is 9.30. The van der Waals surface area contributed by atoms with Gasteiger partial charge in [-0.1, -0.05) is 78.4 Å². The van der Waals surface area contributed by atoms with Crippen LogP contribution < -0.4 is 4.57 Å². The van der Waals surface area contributed by atoms with E-state index in [0.717, 1.165) is 22.4 Å². The zero-order valence-electron chi connectivity index (χ0n) is 16.2. The quantitative estimate of drug-likeness (QED) is 0.301.